The van der Waals surface area contributed by atoms with Crippen LogP contribution >= 0.6 is 0 Å². The highest BCUT2D eigenvalue weighted by molar-refractivity contribution is 5.92. The van der Waals surface area contributed by atoms with E-state index < -0.39 is 23.8 Å². The number of amides is 3. The Morgan fingerprint density at radius 1 is 1.32 bits per heavy atom. The Morgan fingerprint density at radius 2 is 2.00 bits per heavy atom. The second-order valence-corrected chi connectivity index (χ2v) is 5.30. The molecular formula is C14H20N4O4. The highest BCUT2D eigenvalue weighted by Crippen LogP contribution is 2.11. The van der Waals surface area contributed by atoms with Gasteiger partial charge in [-0.15, -0.1) is 0 Å². The summed E-state index contributed by atoms with van der Waals surface area (Å²) in [5, 5.41) is 14.1. The molecule has 0 saturated heterocycles. The van der Waals surface area contributed by atoms with Gasteiger partial charge in [-0.2, -0.15) is 0 Å². The summed E-state index contributed by atoms with van der Waals surface area (Å²) >= 11 is 0. The normalized spacial score (nSPS) is 11.8. The number of hydrogen-bond acceptors (Lipinski definition) is 4. The molecule has 8 nitrogen and oxygen atoms in total. The number of pyridine rings is 1. The van der Waals surface area contributed by atoms with Gasteiger partial charge in [0, 0.05) is 6.54 Å². The standard InChI is InChI=1S/C14H20N4O4/c1-8(2)5-9(13(20)21)6-17-14(22)18-10-3-4-11(12(15)19)16-7-10/h3-4,7-9H,5-6H2,1-2H3,(H2,15,19)(H,20,21)(H2,17,18,22). The van der Waals surface area contributed by atoms with Gasteiger partial charge in [0.2, 0.25) is 0 Å². The minimum atomic E-state index is -0.943. The number of aliphatic carboxylic acids is 1. The first-order valence-electron chi connectivity index (χ1n) is 6.83. The summed E-state index contributed by atoms with van der Waals surface area (Å²) in [6, 6.07) is 2.33. The molecule has 8 heteroatoms. The lowest BCUT2D eigenvalue weighted by atomic mass is 9.97. The Hall–Kier alpha value is -2.64. The molecule has 0 radical (unpaired) electrons. The summed E-state index contributed by atoms with van der Waals surface area (Å²) < 4.78 is 0. The van der Waals surface area contributed by atoms with Gasteiger partial charge in [0.25, 0.3) is 5.91 Å². The largest absolute Gasteiger partial charge is 0.481 e. The van der Waals surface area contributed by atoms with Crippen molar-refractivity contribution in [1.29, 1.82) is 0 Å². The van der Waals surface area contributed by atoms with Crippen LogP contribution in [0.1, 0.15) is 30.8 Å². The molecule has 22 heavy (non-hydrogen) atoms. The number of aromatic nitrogens is 1. The molecule has 0 aromatic carbocycles. The van der Waals surface area contributed by atoms with E-state index in [4.69, 9.17) is 10.8 Å². The molecule has 1 aromatic heterocycles. The van der Waals surface area contributed by atoms with E-state index in [2.05, 4.69) is 15.6 Å². The number of carbonyl (C=O) groups is 3. The Labute approximate surface area is 128 Å². The van der Waals surface area contributed by atoms with Crippen molar-refractivity contribution in [2.24, 2.45) is 17.6 Å². The molecule has 1 atom stereocenters. The summed E-state index contributed by atoms with van der Waals surface area (Å²) in [6.45, 7) is 3.87. The zero-order valence-electron chi connectivity index (χ0n) is 12.5. The van der Waals surface area contributed by atoms with Crippen molar-refractivity contribution < 1.29 is 19.5 Å². The van der Waals surface area contributed by atoms with Crippen LogP contribution < -0.4 is 16.4 Å². The number of urea groups is 1. The lowest BCUT2D eigenvalue weighted by molar-refractivity contribution is -0.142. The SMILES string of the molecule is CC(C)CC(CNC(=O)Nc1ccc(C(N)=O)nc1)C(=O)O. The average Bonchev–Trinajstić information content (AvgIpc) is 2.43. The van der Waals surface area contributed by atoms with Gasteiger partial charge in [0.15, 0.2) is 0 Å². The van der Waals surface area contributed by atoms with Crippen molar-refractivity contribution in [1.82, 2.24) is 10.3 Å². The fourth-order valence-electron chi connectivity index (χ4n) is 1.85. The topological polar surface area (TPSA) is 134 Å². The van der Waals surface area contributed by atoms with Crippen molar-refractivity contribution in [2.45, 2.75) is 20.3 Å². The Balaban J connectivity index is 2.51. The number of rotatable bonds is 7. The molecule has 1 heterocycles. The van der Waals surface area contributed by atoms with Gasteiger partial charge < -0.3 is 21.5 Å². The van der Waals surface area contributed by atoms with Gasteiger partial charge in [-0.25, -0.2) is 9.78 Å². The molecule has 0 aliphatic rings. The zero-order valence-corrected chi connectivity index (χ0v) is 12.5. The van der Waals surface area contributed by atoms with Crippen LogP contribution in [0.2, 0.25) is 0 Å². The van der Waals surface area contributed by atoms with Gasteiger partial charge in [-0.3, -0.25) is 9.59 Å². The van der Waals surface area contributed by atoms with E-state index in [1.165, 1.54) is 18.3 Å². The lowest BCUT2D eigenvalue weighted by Gasteiger charge is -2.15. The minimum absolute atomic E-state index is 0.0339. The molecule has 5 N–H and O–H groups in total. The van der Waals surface area contributed by atoms with E-state index in [-0.39, 0.29) is 18.2 Å². The van der Waals surface area contributed by atoms with Crippen LogP contribution in [-0.2, 0) is 4.79 Å². The second-order valence-electron chi connectivity index (χ2n) is 5.30. The van der Waals surface area contributed by atoms with E-state index in [9.17, 15) is 14.4 Å². The molecule has 0 saturated carbocycles. The number of carboxylic acid groups (broad SMARTS) is 1. The van der Waals surface area contributed by atoms with Crippen LogP contribution in [0, 0.1) is 11.8 Å². The van der Waals surface area contributed by atoms with Crippen LogP contribution in [0.15, 0.2) is 18.3 Å². The van der Waals surface area contributed by atoms with Gasteiger partial charge in [0.1, 0.15) is 5.69 Å². The summed E-state index contributed by atoms with van der Waals surface area (Å²) in [4.78, 5) is 37.4. The smallest absolute Gasteiger partial charge is 0.319 e. The van der Waals surface area contributed by atoms with Crippen LogP contribution in [-0.4, -0.2) is 34.5 Å². The van der Waals surface area contributed by atoms with E-state index in [0.29, 0.717) is 12.1 Å². The number of nitrogens with one attached hydrogen (secondary N) is 2. The van der Waals surface area contributed by atoms with Crippen molar-refractivity contribution in [3.8, 4) is 0 Å². The molecule has 0 spiro atoms. The number of carbonyl (C=O) groups excluding carboxylic acids is 2. The average molecular weight is 308 g/mol. The van der Waals surface area contributed by atoms with Crippen LogP contribution in [0.3, 0.4) is 0 Å². The first-order valence-corrected chi connectivity index (χ1v) is 6.83. The summed E-state index contributed by atoms with van der Waals surface area (Å²) in [6.07, 6.45) is 1.77. The second kappa shape index (κ2) is 7.96. The molecule has 120 valence electrons. The molecule has 0 aliphatic carbocycles. The Bertz CT molecular complexity index is 542. The number of primary amides is 1. The number of carboxylic acids is 1. The number of anilines is 1. The maximum absolute atomic E-state index is 11.7. The Morgan fingerprint density at radius 3 is 2.45 bits per heavy atom. The van der Waals surface area contributed by atoms with E-state index in [1.54, 1.807) is 0 Å². The van der Waals surface area contributed by atoms with Crippen molar-refractivity contribution in [2.75, 3.05) is 11.9 Å². The van der Waals surface area contributed by atoms with E-state index in [1.807, 2.05) is 13.8 Å². The van der Waals surface area contributed by atoms with Gasteiger partial charge in [-0.05, 0) is 24.5 Å². The number of nitrogens with zero attached hydrogens (tertiary/aromatic N) is 1. The van der Waals surface area contributed by atoms with Crippen LogP contribution in [0.25, 0.3) is 0 Å². The molecule has 1 aromatic rings. The first-order chi connectivity index (χ1) is 10.3. The third-order valence-electron chi connectivity index (χ3n) is 2.89. The minimum Gasteiger partial charge on any atom is -0.481 e. The highest BCUT2D eigenvalue weighted by Gasteiger charge is 2.19. The predicted octanol–water partition coefficient (Wildman–Crippen LogP) is 1.05. The molecule has 0 aliphatic heterocycles. The summed E-state index contributed by atoms with van der Waals surface area (Å²) in [7, 11) is 0. The third kappa shape index (κ3) is 5.78. The Kier molecular flexibility index (Phi) is 6.30. The van der Waals surface area contributed by atoms with Crippen molar-refractivity contribution in [3.63, 3.8) is 0 Å². The maximum Gasteiger partial charge on any atom is 0.319 e. The quantitative estimate of drug-likeness (QED) is 0.597. The lowest BCUT2D eigenvalue weighted by Crippen LogP contribution is -2.36. The maximum atomic E-state index is 11.7. The fourth-order valence-corrected chi connectivity index (χ4v) is 1.85. The fraction of sp³-hybridized carbons (Fsp3) is 0.429. The summed E-state index contributed by atoms with van der Waals surface area (Å²) in [5.41, 5.74) is 5.52. The first kappa shape index (κ1) is 17.4. The van der Waals surface area contributed by atoms with Crippen LogP contribution in [0.5, 0.6) is 0 Å². The van der Waals surface area contributed by atoms with Crippen LogP contribution in [0.4, 0.5) is 10.5 Å². The predicted molar refractivity (Wildman–Crippen MR) is 80.4 cm³/mol. The molecular weight excluding hydrogens is 288 g/mol. The zero-order chi connectivity index (χ0) is 16.7. The van der Waals surface area contributed by atoms with Gasteiger partial charge in [-0.1, -0.05) is 13.8 Å². The molecule has 1 rings (SSSR count). The molecule has 1 unspecified atom stereocenters. The number of nitrogens with two attached hydrogens (primary N) is 1. The third-order valence-corrected chi connectivity index (χ3v) is 2.89. The van der Waals surface area contributed by atoms with E-state index >= 15 is 0 Å². The number of hydrogen-bond donors (Lipinski definition) is 4. The van der Waals surface area contributed by atoms with Crippen molar-refractivity contribution >= 4 is 23.6 Å². The van der Waals surface area contributed by atoms with Gasteiger partial charge in [0.05, 0.1) is 17.8 Å². The van der Waals surface area contributed by atoms with E-state index in [0.717, 1.165) is 0 Å². The molecule has 0 bridgehead atoms. The highest BCUT2D eigenvalue weighted by atomic mass is 16.4. The monoisotopic (exact) mass is 308 g/mol. The van der Waals surface area contributed by atoms with Gasteiger partial charge >= 0.3 is 12.0 Å². The summed E-state index contributed by atoms with van der Waals surface area (Å²) in [5.74, 6) is -2.02. The van der Waals surface area contributed by atoms with Crippen molar-refractivity contribution in [3.05, 3.63) is 24.0 Å². The molecule has 0 fully saturated rings. The molecule has 3 amide bonds.